The van der Waals surface area contributed by atoms with Crippen LogP contribution in [-0.2, 0) is 4.74 Å². The van der Waals surface area contributed by atoms with E-state index < -0.39 is 5.97 Å². The van der Waals surface area contributed by atoms with E-state index in [-0.39, 0.29) is 5.82 Å². The molecule has 2 aromatic carbocycles. The molecule has 0 heterocycles. The summed E-state index contributed by atoms with van der Waals surface area (Å²) in [6.45, 7) is 2.06. The first-order valence-corrected chi connectivity index (χ1v) is 6.93. The number of hydrogen-bond acceptors (Lipinski definition) is 3. The first-order valence-electron chi connectivity index (χ1n) is 6.93. The van der Waals surface area contributed by atoms with Crippen LogP contribution in [0.4, 0.5) is 4.39 Å². The topological polar surface area (TPSA) is 35.5 Å². The van der Waals surface area contributed by atoms with E-state index in [0.717, 1.165) is 0 Å². The van der Waals surface area contributed by atoms with Gasteiger partial charge in [0.2, 0.25) is 0 Å². The molecule has 0 fully saturated rings. The van der Waals surface area contributed by atoms with Gasteiger partial charge in [0.05, 0.1) is 19.3 Å². The number of methoxy groups -OCH3 is 1. The van der Waals surface area contributed by atoms with Crippen molar-refractivity contribution in [1.82, 2.24) is 0 Å². The highest BCUT2D eigenvalue weighted by atomic mass is 19.1. The van der Waals surface area contributed by atoms with Crippen LogP contribution in [0, 0.1) is 5.82 Å². The summed E-state index contributed by atoms with van der Waals surface area (Å²) in [5.41, 5.74) is 1.57. The quantitative estimate of drug-likeness (QED) is 0.614. The molecule has 114 valence electrons. The molecule has 3 nitrogen and oxygen atoms in total. The van der Waals surface area contributed by atoms with Gasteiger partial charge >= 0.3 is 5.97 Å². The molecule has 0 aliphatic rings. The molecule has 0 radical (unpaired) electrons. The van der Waals surface area contributed by atoms with Crippen LogP contribution < -0.4 is 4.74 Å². The fraction of sp³-hybridized carbons (Fsp3) is 0.167. The lowest BCUT2D eigenvalue weighted by Gasteiger charge is -2.07. The minimum absolute atomic E-state index is 0.306. The van der Waals surface area contributed by atoms with E-state index in [2.05, 4.69) is 0 Å². The van der Waals surface area contributed by atoms with Gasteiger partial charge in [0.15, 0.2) is 0 Å². The smallest absolute Gasteiger partial charge is 0.338 e. The Morgan fingerprint density at radius 1 is 1.14 bits per heavy atom. The average molecular weight is 300 g/mol. The van der Waals surface area contributed by atoms with Crippen LogP contribution in [0.1, 0.15) is 28.4 Å². The van der Waals surface area contributed by atoms with Gasteiger partial charge in [0.25, 0.3) is 0 Å². The highest BCUT2D eigenvalue weighted by Gasteiger charge is 2.09. The molecule has 0 N–H and O–H groups in total. The summed E-state index contributed by atoms with van der Waals surface area (Å²) in [6, 6.07) is 11.4. The van der Waals surface area contributed by atoms with Gasteiger partial charge in [-0.1, -0.05) is 30.4 Å². The van der Waals surface area contributed by atoms with Gasteiger partial charge in [-0.25, -0.2) is 9.18 Å². The van der Waals surface area contributed by atoms with Crippen LogP contribution in [0.15, 0.2) is 42.5 Å². The van der Waals surface area contributed by atoms with Crippen molar-refractivity contribution in [2.75, 3.05) is 13.7 Å². The largest absolute Gasteiger partial charge is 0.496 e. The molecule has 0 saturated carbocycles. The van der Waals surface area contributed by atoms with E-state index in [1.54, 1.807) is 62.6 Å². The van der Waals surface area contributed by atoms with E-state index in [1.165, 1.54) is 6.07 Å². The molecule has 22 heavy (non-hydrogen) atoms. The normalized spacial score (nSPS) is 10.7. The van der Waals surface area contributed by atoms with E-state index in [0.29, 0.717) is 29.0 Å². The Labute approximate surface area is 129 Å². The molecule has 0 spiro atoms. The summed E-state index contributed by atoms with van der Waals surface area (Å²) in [5.74, 6) is -0.106. The number of rotatable bonds is 5. The molecule has 0 aromatic heterocycles. The molecule has 2 rings (SSSR count). The molecular weight excluding hydrogens is 283 g/mol. The average Bonchev–Trinajstić information content (AvgIpc) is 2.54. The second-order valence-corrected chi connectivity index (χ2v) is 4.53. The van der Waals surface area contributed by atoms with Crippen molar-refractivity contribution in [2.24, 2.45) is 0 Å². The molecule has 4 heteroatoms. The van der Waals surface area contributed by atoms with E-state index in [1.807, 2.05) is 0 Å². The van der Waals surface area contributed by atoms with Gasteiger partial charge in [0, 0.05) is 11.1 Å². The molecule has 0 unspecified atom stereocenters. The number of benzene rings is 2. The van der Waals surface area contributed by atoms with Crippen molar-refractivity contribution in [3.8, 4) is 5.75 Å². The number of halogens is 1. The lowest BCUT2D eigenvalue weighted by Crippen LogP contribution is -2.05. The maximum atomic E-state index is 13.6. The third-order valence-corrected chi connectivity index (χ3v) is 3.09. The Balaban J connectivity index is 2.34. The van der Waals surface area contributed by atoms with Crippen LogP contribution in [-0.4, -0.2) is 19.7 Å². The third-order valence-electron chi connectivity index (χ3n) is 3.09. The van der Waals surface area contributed by atoms with Crippen molar-refractivity contribution < 1.29 is 18.7 Å². The van der Waals surface area contributed by atoms with Gasteiger partial charge in [-0.3, -0.25) is 0 Å². The molecular formula is C18H17FO3. The van der Waals surface area contributed by atoms with Gasteiger partial charge in [0.1, 0.15) is 11.6 Å². The predicted octanol–water partition coefficient (Wildman–Crippen LogP) is 4.18. The maximum absolute atomic E-state index is 13.6. The van der Waals surface area contributed by atoms with Crippen LogP contribution in [0.5, 0.6) is 5.75 Å². The van der Waals surface area contributed by atoms with Crippen molar-refractivity contribution in [3.05, 3.63) is 65.0 Å². The number of ether oxygens (including phenoxy) is 2. The van der Waals surface area contributed by atoms with Gasteiger partial charge in [-0.15, -0.1) is 0 Å². The molecule has 0 saturated heterocycles. The van der Waals surface area contributed by atoms with Crippen LogP contribution in [0.2, 0.25) is 0 Å². The predicted molar refractivity (Wildman–Crippen MR) is 84.3 cm³/mol. The van der Waals surface area contributed by atoms with Gasteiger partial charge in [-0.2, -0.15) is 0 Å². The maximum Gasteiger partial charge on any atom is 0.338 e. The van der Waals surface area contributed by atoms with E-state index >= 15 is 0 Å². The molecule has 0 aliphatic carbocycles. The summed E-state index contributed by atoms with van der Waals surface area (Å²) >= 11 is 0. The van der Waals surface area contributed by atoms with Crippen LogP contribution >= 0.6 is 0 Å². The van der Waals surface area contributed by atoms with E-state index in [4.69, 9.17) is 9.47 Å². The van der Waals surface area contributed by atoms with Crippen molar-refractivity contribution >= 4 is 18.1 Å². The first-order chi connectivity index (χ1) is 10.7. The zero-order valence-corrected chi connectivity index (χ0v) is 12.5. The number of esters is 1. The Morgan fingerprint density at radius 3 is 2.55 bits per heavy atom. The fourth-order valence-electron chi connectivity index (χ4n) is 2.00. The Morgan fingerprint density at radius 2 is 1.86 bits per heavy atom. The summed E-state index contributed by atoms with van der Waals surface area (Å²) in [5, 5.41) is 0. The second kappa shape index (κ2) is 7.41. The molecule has 0 atom stereocenters. The van der Waals surface area contributed by atoms with Crippen LogP contribution in [0.3, 0.4) is 0 Å². The molecule has 0 bridgehead atoms. The number of carbonyl (C=O) groups is 1. The third kappa shape index (κ3) is 3.73. The Hall–Kier alpha value is -2.62. The zero-order chi connectivity index (χ0) is 15.9. The molecule has 2 aromatic rings. The zero-order valence-electron chi connectivity index (χ0n) is 12.5. The Bertz CT molecular complexity index is 692. The van der Waals surface area contributed by atoms with Gasteiger partial charge in [-0.05, 0) is 31.2 Å². The fourth-order valence-corrected chi connectivity index (χ4v) is 2.00. The summed E-state index contributed by atoms with van der Waals surface area (Å²) in [4.78, 5) is 11.8. The van der Waals surface area contributed by atoms with E-state index in [9.17, 15) is 9.18 Å². The standard InChI is InChI=1S/C18H17FO3/c1-3-22-18(20)15-10-11-17(21-2)14(12-15)9-8-13-6-4-5-7-16(13)19/h4-12H,3H2,1-2H3/b9-8+. The summed E-state index contributed by atoms with van der Waals surface area (Å²) in [7, 11) is 1.54. The highest BCUT2D eigenvalue weighted by molar-refractivity contribution is 5.91. The monoisotopic (exact) mass is 300 g/mol. The van der Waals surface area contributed by atoms with Crippen molar-refractivity contribution in [3.63, 3.8) is 0 Å². The summed E-state index contributed by atoms with van der Waals surface area (Å²) < 4.78 is 23.9. The number of carbonyl (C=O) groups excluding carboxylic acids is 1. The molecule has 0 aliphatic heterocycles. The number of hydrogen-bond donors (Lipinski definition) is 0. The molecule has 0 amide bonds. The van der Waals surface area contributed by atoms with Gasteiger partial charge < -0.3 is 9.47 Å². The lowest BCUT2D eigenvalue weighted by atomic mass is 10.1. The highest BCUT2D eigenvalue weighted by Crippen LogP contribution is 2.23. The SMILES string of the molecule is CCOC(=O)c1ccc(OC)c(/C=C/c2ccccc2F)c1. The summed E-state index contributed by atoms with van der Waals surface area (Å²) in [6.07, 6.45) is 3.35. The van der Waals surface area contributed by atoms with Crippen LogP contribution in [0.25, 0.3) is 12.2 Å². The minimum atomic E-state index is -0.398. The van der Waals surface area contributed by atoms with Crippen molar-refractivity contribution in [1.29, 1.82) is 0 Å². The Kier molecular flexibility index (Phi) is 5.31. The van der Waals surface area contributed by atoms with Crippen molar-refractivity contribution in [2.45, 2.75) is 6.92 Å². The minimum Gasteiger partial charge on any atom is -0.496 e. The first kappa shape index (κ1) is 15.8. The second-order valence-electron chi connectivity index (χ2n) is 4.53. The lowest BCUT2D eigenvalue weighted by molar-refractivity contribution is 0.0526.